The van der Waals surface area contributed by atoms with Crippen molar-refractivity contribution < 1.29 is 23.8 Å². The number of anilines is 1. The molecule has 0 aromatic heterocycles. The van der Waals surface area contributed by atoms with Crippen LogP contribution in [0.15, 0.2) is 12.1 Å². The molecular formula is C18H28ClN3O5. The Balaban J connectivity index is 0.00000364. The predicted octanol–water partition coefficient (Wildman–Crippen LogP) is 1.54. The van der Waals surface area contributed by atoms with Crippen molar-refractivity contribution in [1.82, 2.24) is 10.2 Å². The quantitative estimate of drug-likeness (QED) is 0.610. The number of amides is 2. The van der Waals surface area contributed by atoms with E-state index in [0.717, 1.165) is 25.9 Å². The zero-order valence-corrected chi connectivity index (χ0v) is 16.8. The molecule has 27 heavy (non-hydrogen) atoms. The van der Waals surface area contributed by atoms with Gasteiger partial charge in [0.2, 0.25) is 5.91 Å². The molecule has 2 amide bonds. The first kappa shape index (κ1) is 23.0. The first-order valence-corrected chi connectivity index (χ1v) is 8.65. The summed E-state index contributed by atoms with van der Waals surface area (Å²) in [5.41, 5.74) is 0.813. The van der Waals surface area contributed by atoms with E-state index in [0.29, 0.717) is 35.9 Å². The Bertz CT molecular complexity index is 636. The fraction of sp³-hybridized carbons (Fsp3) is 0.556. The van der Waals surface area contributed by atoms with Crippen LogP contribution in [0.3, 0.4) is 0 Å². The highest BCUT2D eigenvalue weighted by atomic mass is 35.5. The maximum atomic E-state index is 12.9. The van der Waals surface area contributed by atoms with Crippen LogP contribution in [0.1, 0.15) is 23.2 Å². The fourth-order valence-corrected chi connectivity index (χ4v) is 2.82. The third kappa shape index (κ3) is 6.27. The summed E-state index contributed by atoms with van der Waals surface area (Å²) in [5, 5.41) is 5.77. The van der Waals surface area contributed by atoms with Gasteiger partial charge in [0.1, 0.15) is 0 Å². The Morgan fingerprint density at radius 1 is 1.07 bits per heavy atom. The smallest absolute Gasteiger partial charge is 0.256 e. The highest BCUT2D eigenvalue weighted by molar-refractivity contribution is 6.05. The van der Waals surface area contributed by atoms with Gasteiger partial charge in [0.15, 0.2) is 11.5 Å². The van der Waals surface area contributed by atoms with Crippen molar-refractivity contribution in [1.29, 1.82) is 0 Å². The molecular weight excluding hydrogens is 374 g/mol. The summed E-state index contributed by atoms with van der Waals surface area (Å²) in [4.78, 5) is 26.9. The van der Waals surface area contributed by atoms with Crippen LogP contribution in [-0.2, 0) is 9.53 Å². The number of carbonyl (C=O) groups is 2. The van der Waals surface area contributed by atoms with Crippen LogP contribution >= 0.6 is 12.4 Å². The molecule has 1 aliphatic rings. The Morgan fingerprint density at radius 3 is 2.30 bits per heavy atom. The number of likely N-dealkylation sites (tertiary alicyclic amines) is 1. The molecule has 0 aliphatic carbocycles. The Kier molecular flexibility index (Phi) is 9.92. The molecule has 0 radical (unpaired) electrons. The third-order valence-corrected chi connectivity index (χ3v) is 4.19. The highest BCUT2D eigenvalue weighted by Gasteiger charge is 2.24. The number of nitrogens with zero attached hydrogens (tertiary/aromatic N) is 1. The number of rotatable bonds is 9. The first-order chi connectivity index (χ1) is 12.6. The third-order valence-electron chi connectivity index (χ3n) is 4.19. The summed E-state index contributed by atoms with van der Waals surface area (Å²) >= 11 is 0. The minimum absolute atomic E-state index is 0. The van der Waals surface area contributed by atoms with E-state index in [1.165, 1.54) is 14.2 Å². The maximum Gasteiger partial charge on any atom is 0.256 e. The number of methoxy groups -OCH3 is 3. The van der Waals surface area contributed by atoms with Gasteiger partial charge < -0.3 is 29.7 Å². The lowest BCUT2D eigenvalue weighted by molar-refractivity contribution is -0.115. The summed E-state index contributed by atoms with van der Waals surface area (Å²) in [5.74, 6) is 0.536. The molecule has 8 nitrogen and oxygen atoms in total. The number of hydrogen-bond acceptors (Lipinski definition) is 6. The molecule has 9 heteroatoms. The minimum atomic E-state index is -0.246. The molecule has 1 aliphatic heterocycles. The van der Waals surface area contributed by atoms with Gasteiger partial charge >= 0.3 is 0 Å². The molecule has 2 rings (SSSR count). The van der Waals surface area contributed by atoms with E-state index in [9.17, 15) is 9.59 Å². The Morgan fingerprint density at radius 2 is 1.70 bits per heavy atom. The second-order valence-electron chi connectivity index (χ2n) is 5.97. The van der Waals surface area contributed by atoms with Gasteiger partial charge in [0, 0.05) is 32.8 Å². The molecule has 0 saturated carbocycles. The van der Waals surface area contributed by atoms with Crippen LogP contribution < -0.4 is 20.1 Å². The second kappa shape index (κ2) is 11.6. The number of hydrogen-bond donors (Lipinski definition) is 2. The first-order valence-electron chi connectivity index (χ1n) is 8.65. The van der Waals surface area contributed by atoms with Gasteiger partial charge in [-0.2, -0.15) is 0 Å². The van der Waals surface area contributed by atoms with Crippen molar-refractivity contribution in [2.75, 3.05) is 59.4 Å². The normalized spacial score (nSPS) is 13.1. The molecule has 1 aromatic carbocycles. The lowest BCUT2D eigenvalue weighted by Gasteiger charge is -2.20. The Hall–Kier alpha value is -2.03. The minimum Gasteiger partial charge on any atom is -0.493 e. The molecule has 0 unspecified atom stereocenters. The number of carbonyl (C=O) groups excluding carboxylic acids is 2. The van der Waals surface area contributed by atoms with Crippen LogP contribution in [0.4, 0.5) is 5.69 Å². The average Bonchev–Trinajstić information content (AvgIpc) is 3.19. The van der Waals surface area contributed by atoms with Gasteiger partial charge in [0.05, 0.1) is 38.6 Å². The van der Waals surface area contributed by atoms with Crippen LogP contribution in [0.2, 0.25) is 0 Å². The topological polar surface area (TPSA) is 89.1 Å². The van der Waals surface area contributed by atoms with E-state index in [1.807, 2.05) is 0 Å². The van der Waals surface area contributed by atoms with Crippen molar-refractivity contribution in [2.24, 2.45) is 0 Å². The number of ether oxygens (including phenoxy) is 3. The van der Waals surface area contributed by atoms with Crippen molar-refractivity contribution in [3.8, 4) is 11.5 Å². The molecule has 1 aromatic rings. The van der Waals surface area contributed by atoms with E-state index in [2.05, 4.69) is 10.6 Å². The van der Waals surface area contributed by atoms with Crippen LogP contribution in [0, 0.1) is 0 Å². The van der Waals surface area contributed by atoms with Gasteiger partial charge in [0.25, 0.3) is 5.91 Å². The summed E-state index contributed by atoms with van der Waals surface area (Å²) in [6, 6.07) is 3.24. The molecule has 0 bridgehead atoms. The number of nitrogens with one attached hydrogen (secondary N) is 2. The van der Waals surface area contributed by atoms with Crippen LogP contribution in [-0.4, -0.2) is 70.8 Å². The van der Waals surface area contributed by atoms with Gasteiger partial charge in [-0.3, -0.25) is 9.59 Å². The largest absolute Gasteiger partial charge is 0.493 e. The average molecular weight is 402 g/mol. The lowest BCUT2D eigenvalue weighted by atomic mass is 10.1. The van der Waals surface area contributed by atoms with Crippen molar-refractivity contribution in [3.05, 3.63) is 17.7 Å². The van der Waals surface area contributed by atoms with E-state index in [4.69, 9.17) is 14.2 Å². The van der Waals surface area contributed by atoms with Crippen LogP contribution in [0.25, 0.3) is 0 Å². The number of benzene rings is 1. The molecule has 0 spiro atoms. The van der Waals surface area contributed by atoms with E-state index >= 15 is 0 Å². The summed E-state index contributed by atoms with van der Waals surface area (Å²) in [7, 11) is 4.62. The van der Waals surface area contributed by atoms with Gasteiger partial charge in [-0.15, -0.1) is 12.4 Å². The predicted molar refractivity (Wildman–Crippen MR) is 105 cm³/mol. The van der Waals surface area contributed by atoms with Gasteiger partial charge in [-0.1, -0.05) is 0 Å². The zero-order chi connectivity index (χ0) is 18.9. The molecule has 152 valence electrons. The molecule has 1 heterocycles. The van der Waals surface area contributed by atoms with Gasteiger partial charge in [-0.05, 0) is 18.9 Å². The van der Waals surface area contributed by atoms with E-state index in [1.54, 1.807) is 24.1 Å². The SMILES string of the molecule is COCCNCC(=O)Nc1cc(OC)c(OC)cc1C(=O)N1CCCC1.Cl. The highest BCUT2D eigenvalue weighted by Crippen LogP contribution is 2.34. The zero-order valence-electron chi connectivity index (χ0n) is 16.0. The monoisotopic (exact) mass is 401 g/mol. The van der Waals surface area contributed by atoms with Gasteiger partial charge in [-0.25, -0.2) is 0 Å². The number of halogens is 1. The molecule has 0 atom stereocenters. The molecule has 1 saturated heterocycles. The lowest BCUT2D eigenvalue weighted by Crippen LogP contribution is -2.32. The molecule has 2 N–H and O–H groups in total. The van der Waals surface area contributed by atoms with E-state index in [-0.39, 0.29) is 30.8 Å². The van der Waals surface area contributed by atoms with Crippen LogP contribution in [0.5, 0.6) is 11.5 Å². The van der Waals surface area contributed by atoms with Crippen molar-refractivity contribution >= 4 is 29.9 Å². The van der Waals surface area contributed by atoms with Crippen molar-refractivity contribution in [2.45, 2.75) is 12.8 Å². The fourth-order valence-electron chi connectivity index (χ4n) is 2.82. The molecule has 1 fully saturated rings. The van der Waals surface area contributed by atoms with Crippen molar-refractivity contribution in [3.63, 3.8) is 0 Å². The Labute approximate surface area is 165 Å². The second-order valence-corrected chi connectivity index (χ2v) is 5.97. The summed E-state index contributed by atoms with van der Waals surface area (Å²) in [6.07, 6.45) is 1.98. The summed E-state index contributed by atoms with van der Waals surface area (Å²) < 4.78 is 15.5. The standard InChI is InChI=1S/C18H27N3O5.ClH/c1-24-9-6-19-12-17(22)20-14-11-16(26-3)15(25-2)10-13(14)18(23)21-7-4-5-8-21;/h10-11,19H,4-9,12H2,1-3H3,(H,20,22);1H. The van der Waals surface area contributed by atoms with E-state index < -0.39 is 0 Å². The summed E-state index contributed by atoms with van der Waals surface area (Å²) in [6.45, 7) is 2.64. The maximum absolute atomic E-state index is 12.9.